The van der Waals surface area contributed by atoms with Crippen LogP contribution in [0.5, 0.6) is 0 Å². The molecule has 0 saturated carbocycles. The zero-order valence-corrected chi connectivity index (χ0v) is 13.1. The Morgan fingerprint density at radius 3 is 2.71 bits per heavy atom. The van der Waals surface area contributed by atoms with Gasteiger partial charge in [0.15, 0.2) is 0 Å². The van der Waals surface area contributed by atoms with Crippen molar-refractivity contribution < 1.29 is 0 Å². The highest BCUT2D eigenvalue weighted by Gasteiger charge is 2.08. The molecule has 0 aliphatic rings. The van der Waals surface area contributed by atoms with E-state index < -0.39 is 0 Å². The Hall–Kier alpha value is -0.0500. The molecule has 0 fully saturated rings. The lowest BCUT2D eigenvalue weighted by atomic mass is 10.0. The molecule has 0 aromatic heterocycles. The molecule has 0 saturated heterocycles. The molecular weight excluding hydrogens is 298 g/mol. The molecule has 0 bridgehead atoms. The molecule has 3 heteroatoms. The first-order chi connectivity index (χ1) is 8.02. The normalized spacial score (nSPS) is 14.6. The molecule has 0 heterocycles. The van der Waals surface area contributed by atoms with Crippen molar-refractivity contribution in [1.29, 1.82) is 0 Å². The number of hydrogen-bond donors (Lipinski definition) is 1. The van der Waals surface area contributed by atoms with Gasteiger partial charge in [-0.3, -0.25) is 0 Å². The van der Waals surface area contributed by atoms with Gasteiger partial charge in [0.1, 0.15) is 0 Å². The number of nitrogens with one attached hydrogen (secondary N) is 1. The summed E-state index contributed by atoms with van der Waals surface area (Å²) in [7, 11) is 0. The predicted octanol–water partition coefficient (Wildman–Crippen LogP) is 5.02. The zero-order valence-electron chi connectivity index (χ0n) is 10.8. The van der Waals surface area contributed by atoms with E-state index in [4.69, 9.17) is 11.6 Å². The van der Waals surface area contributed by atoms with E-state index >= 15 is 0 Å². The zero-order chi connectivity index (χ0) is 12.8. The smallest absolute Gasteiger partial charge is 0.0410 e. The average Bonchev–Trinajstić information content (AvgIpc) is 2.30. The maximum Gasteiger partial charge on any atom is 0.0410 e. The minimum atomic E-state index is 0.538. The number of hydrogen-bond acceptors (Lipinski definition) is 1. The molecule has 1 rings (SSSR count). The Kier molecular flexibility index (Phi) is 6.53. The molecule has 0 aliphatic carbocycles. The second-order valence-corrected chi connectivity index (χ2v) is 6.06. The van der Waals surface area contributed by atoms with Crippen molar-refractivity contribution in [2.45, 2.75) is 46.2 Å². The molecule has 0 radical (unpaired) electrons. The van der Waals surface area contributed by atoms with Gasteiger partial charge in [0.05, 0.1) is 0 Å². The first-order valence-corrected chi connectivity index (χ1v) is 7.37. The van der Waals surface area contributed by atoms with Gasteiger partial charge in [-0.2, -0.15) is 0 Å². The van der Waals surface area contributed by atoms with Crippen molar-refractivity contribution in [3.8, 4) is 0 Å². The van der Waals surface area contributed by atoms with Crippen LogP contribution in [0.2, 0.25) is 5.02 Å². The van der Waals surface area contributed by atoms with Crippen LogP contribution in [0.15, 0.2) is 22.7 Å². The van der Waals surface area contributed by atoms with Crippen molar-refractivity contribution in [2.24, 2.45) is 5.92 Å². The Labute approximate surface area is 118 Å². The maximum atomic E-state index is 5.99. The fourth-order valence-electron chi connectivity index (χ4n) is 1.82. The monoisotopic (exact) mass is 317 g/mol. The summed E-state index contributed by atoms with van der Waals surface area (Å²) in [5.74, 6) is 0.778. The minimum Gasteiger partial charge on any atom is -0.310 e. The Morgan fingerprint density at radius 1 is 1.35 bits per heavy atom. The summed E-state index contributed by atoms with van der Waals surface area (Å²) in [6, 6.07) is 6.45. The van der Waals surface area contributed by atoms with E-state index in [0.717, 1.165) is 22.0 Å². The molecule has 0 aliphatic heterocycles. The van der Waals surface area contributed by atoms with Crippen LogP contribution in [0.3, 0.4) is 0 Å². The molecular formula is C14H21BrClN. The van der Waals surface area contributed by atoms with Crippen LogP contribution in [0.4, 0.5) is 0 Å². The van der Waals surface area contributed by atoms with Crippen molar-refractivity contribution in [3.63, 3.8) is 0 Å². The standard InChI is InChI=1S/C14H21BrClN/c1-4-10(2)7-11(3)17-9-12-8-13(16)5-6-14(12)15/h5-6,8,10-11,17H,4,7,9H2,1-3H3. The lowest BCUT2D eigenvalue weighted by Gasteiger charge is -2.18. The third-order valence-corrected chi connectivity index (χ3v) is 4.11. The molecule has 1 aromatic rings. The third-order valence-electron chi connectivity index (χ3n) is 3.10. The van der Waals surface area contributed by atoms with E-state index in [1.807, 2.05) is 18.2 Å². The van der Waals surface area contributed by atoms with Crippen LogP contribution < -0.4 is 5.32 Å². The topological polar surface area (TPSA) is 12.0 Å². The van der Waals surface area contributed by atoms with Gasteiger partial charge < -0.3 is 5.32 Å². The molecule has 2 atom stereocenters. The Bertz CT molecular complexity index is 354. The van der Waals surface area contributed by atoms with Crippen LogP contribution in [-0.2, 0) is 6.54 Å². The van der Waals surface area contributed by atoms with Crippen molar-refractivity contribution >= 4 is 27.5 Å². The molecule has 0 spiro atoms. The summed E-state index contributed by atoms with van der Waals surface area (Å²) in [4.78, 5) is 0. The van der Waals surface area contributed by atoms with Gasteiger partial charge in [-0.15, -0.1) is 0 Å². The molecule has 0 amide bonds. The SMILES string of the molecule is CCC(C)CC(C)NCc1cc(Cl)ccc1Br. The molecule has 96 valence electrons. The average molecular weight is 319 g/mol. The highest BCUT2D eigenvalue weighted by Crippen LogP contribution is 2.21. The van der Waals surface area contributed by atoms with Crippen molar-refractivity contribution in [2.75, 3.05) is 0 Å². The highest BCUT2D eigenvalue weighted by atomic mass is 79.9. The van der Waals surface area contributed by atoms with Gasteiger partial charge in [-0.25, -0.2) is 0 Å². The van der Waals surface area contributed by atoms with Gasteiger partial charge in [0, 0.05) is 22.1 Å². The first kappa shape index (κ1) is 15.0. The van der Waals surface area contributed by atoms with Crippen LogP contribution in [-0.4, -0.2) is 6.04 Å². The van der Waals surface area contributed by atoms with Crippen LogP contribution in [0.1, 0.15) is 39.2 Å². The lowest BCUT2D eigenvalue weighted by Crippen LogP contribution is -2.27. The number of halogens is 2. The maximum absolute atomic E-state index is 5.99. The summed E-state index contributed by atoms with van der Waals surface area (Å²) in [5.41, 5.74) is 1.22. The molecule has 2 unspecified atom stereocenters. The molecule has 17 heavy (non-hydrogen) atoms. The molecule has 1 aromatic carbocycles. The van der Waals surface area contributed by atoms with Crippen molar-refractivity contribution in [1.82, 2.24) is 5.32 Å². The highest BCUT2D eigenvalue weighted by molar-refractivity contribution is 9.10. The lowest BCUT2D eigenvalue weighted by molar-refractivity contribution is 0.412. The van der Waals surface area contributed by atoms with Gasteiger partial charge in [-0.1, -0.05) is 47.8 Å². The largest absolute Gasteiger partial charge is 0.310 e. The Morgan fingerprint density at radius 2 is 2.06 bits per heavy atom. The van der Waals surface area contributed by atoms with E-state index in [-0.39, 0.29) is 0 Å². The quantitative estimate of drug-likeness (QED) is 0.777. The minimum absolute atomic E-state index is 0.538. The van der Waals surface area contributed by atoms with Crippen molar-refractivity contribution in [3.05, 3.63) is 33.3 Å². The van der Waals surface area contributed by atoms with Gasteiger partial charge in [-0.05, 0) is 43.0 Å². The van der Waals surface area contributed by atoms with Gasteiger partial charge in [0.25, 0.3) is 0 Å². The van der Waals surface area contributed by atoms with E-state index in [1.165, 1.54) is 18.4 Å². The Balaban J connectivity index is 2.47. The fraction of sp³-hybridized carbons (Fsp3) is 0.571. The molecule has 1 N–H and O–H groups in total. The summed E-state index contributed by atoms with van der Waals surface area (Å²) in [6.07, 6.45) is 2.46. The number of benzene rings is 1. The summed E-state index contributed by atoms with van der Waals surface area (Å²) in [6.45, 7) is 7.64. The fourth-order valence-corrected chi connectivity index (χ4v) is 2.40. The number of rotatable bonds is 6. The van der Waals surface area contributed by atoms with Gasteiger partial charge in [0.2, 0.25) is 0 Å². The molecule has 1 nitrogen and oxygen atoms in total. The summed E-state index contributed by atoms with van der Waals surface area (Å²) in [5, 5.41) is 4.33. The summed E-state index contributed by atoms with van der Waals surface area (Å²) < 4.78 is 1.12. The van der Waals surface area contributed by atoms with Crippen LogP contribution in [0.25, 0.3) is 0 Å². The van der Waals surface area contributed by atoms with Crippen LogP contribution >= 0.6 is 27.5 Å². The summed E-state index contributed by atoms with van der Waals surface area (Å²) >= 11 is 9.54. The van der Waals surface area contributed by atoms with E-state index in [2.05, 4.69) is 42.0 Å². The van der Waals surface area contributed by atoms with E-state index in [0.29, 0.717) is 6.04 Å². The first-order valence-electron chi connectivity index (χ1n) is 6.20. The van der Waals surface area contributed by atoms with E-state index in [1.54, 1.807) is 0 Å². The second kappa shape index (κ2) is 7.40. The van der Waals surface area contributed by atoms with Gasteiger partial charge >= 0.3 is 0 Å². The second-order valence-electron chi connectivity index (χ2n) is 4.77. The predicted molar refractivity (Wildman–Crippen MR) is 79.5 cm³/mol. The van der Waals surface area contributed by atoms with E-state index in [9.17, 15) is 0 Å². The third kappa shape index (κ3) is 5.41. The van der Waals surface area contributed by atoms with Crippen LogP contribution in [0, 0.1) is 5.92 Å².